The van der Waals surface area contributed by atoms with Crippen LogP contribution in [0.4, 0.5) is 0 Å². The highest BCUT2D eigenvalue weighted by atomic mass is 16.5. The summed E-state index contributed by atoms with van der Waals surface area (Å²) in [5.41, 5.74) is 0.661. The van der Waals surface area contributed by atoms with Gasteiger partial charge in [0.1, 0.15) is 0 Å². The Labute approximate surface area is 93.0 Å². The van der Waals surface area contributed by atoms with Gasteiger partial charge in [-0.15, -0.1) is 0 Å². The number of hydrogen-bond acceptors (Lipinski definition) is 3. The molecule has 0 amide bonds. The minimum atomic E-state index is 0.550. The molecule has 0 spiro atoms. The number of hydrogen-bond donors (Lipinski definition) is 2. The number of ether oxygens (including phenoxy) is 1. The molecule has 1 heterocycles. The zero-order valence-corrected chi connectivity index (χ0v) is 10.0. The lowest BCUT2D eigenvalue weighted by atomic mass is 10.0. The summed E-state index contributed by atoms with van der Waals surface area (Å²) >= 11 is 0. The number of nitrogens with one attached hydrogen (secondary N) is 2. The molecule has 0 bridgehead atoms. The van der Waals surface area contributed by atoms with Crippen molar-refractivity contribution in [3.8, 4) is 0 Å². The van der Waals surface area contributed by atoms with Crippen LogP contribution in [-0.4, -0.2) is 39.4 Å². The SMILES string of the molecule is CCC1(CNCC2COCC2NC)CC1. The standard InChI is InChI=1S/C12H24N2O/c1-3-12(4-5-12)9-14-6-10-7-15-8-11(10)13-2/h10-11,13-14H,3-9H2,1-2H3. The average molecular weight is 212 g/mol. The Balaban J connectivity index is 1.65. The largest absolute Gasteiger partial charge is 0.379 e. The Hall–Kier alpha value is -0.120. The van der Waals surface area contributed by atoms with Crippen LogP contribution in [0, 0.1) is 11.3 Å². The van der Waals surface area contributed by atoms with Crippen molar-refractivity contribution in [2.24, 2.45) is 11.3 Å². The molecule has 15 heavy (non-hydrogen) atoms. The first-order valence-electron chi connectivity index (χ1n) is 6.25. The second-order valence-electron chi connectivity index (χ2n) is 5.18. The van der Waals surface area contributed by atoms with E-state index in [1.54, 1.807) is 0 Å². The van der Waals surface area contributed by atoms with Crippen LogP contribution in [0.5, 0.6) is 0 Å². The molecule has 2 fully saturated rings. The maximum atomic E-state index is 5.48. The van der Waals surface area contributed by atoms with E-state index in [0.717, 1.165) is 19.8 Å². The van der Waals surface area contributed by atoms with E-state index < -0.39 is 0 Å². The molecule has 88 valence electrons. The fourth-order valence-corrected chi connectivity index (χ4v) is 2.47. The van der Waals surface area contributed by atoms with Gasteiger partial charge in [0.05, 0.1) is 13.2 Å². The van der Waals surface area contributed by atoms with Crippen molar-refractivity contribution >= 4 is 0 Å². The summed E-state index contributed by atoms with van der Waals surface area (Å²) in [5.74, 6) is 0.655. The van der Waals surface area contributed by atoms with Gasteiger partial charge >= 0.3 is 0 Å². The Morgan fingerprint density at radius 3 is 2.73 bits per heavy atom. The third-order valence-corrected chi connectivity index (χ3v) is 4.18. The zero-order chi connectivity index (χ0) is 10.7. The molecule has 1 aliphatic carbocycles. The van der Waals surface area contributed by atoms with E-state index in [-0.39, 0.29) is 0 Å². The molecule has 0 aromatic rings. The average Bonchev–Trinajstić information content (AvgIpc) is 2.90. The van der Waals surface area contributed by atoms with E-state index in [4.69, 9.17) is 4.74 Å². The van der Waals surface area contributed by atoms with Crippen molar-refractivity contribution in [1.29, 1.82) is 0 Å². The monoisotopic (exact) mass is 212 g/mol. The van der Waals surface area contributed by atoms with Gasteiger partial charge < -0.3 is 15.4 Å². The van der Waals surface area contributed by atoms with Crippen LogP contribution < -0.4 is 10.6 Å². The molecule has 1 saturated heterocycles. The summed E-state index contributed by atoms with van der Waals surface area (Å²) in [6, 6.07) is 0.550. The van der Waals surface area contributed by atoms with Crippen LogP contribution >= 0.6 is 0 Å². The molecule has 2 aliphatic rings. The van der Waals surface area contributed by atoms with Gasteiger partial charge in [-0.1, -0.05) is 6.92 Å². The Kier molecular flexibility index (Phi) is 3.65. The second-order valence-corrected chi connectivity index (χ2v) is 5.18. The van der Waals surface area contributed by atoms with Crippen molar-refractivity contribution in [3.05, 3.63) is 0 Å². The van der Waals surface area contributed by atoms with Gasteiger partial charge in [-0.3, -0.25) is 0 Å². The lowest BCUT2D eigenvalue weighted by molar-refractivity contribution is 0.182. The lowest BCUT2D eigenvalue weighted by Crippen LogP contribution is -2.39. The molecule has 0 aromatic heterocycles. The first-order chi connectivity index (χ1) is 7.29. The molecule has 2 unspecified atom stereocenters. The van der Waals surface area contributed by atoms with Gasteiger partial charge in [0.25, 0.3) is 0 Å². The summed E-state index contributed by atoms with van der Waals surface area (Å²) in [5, 5.41) is 6.95. The van der Waals surface area contributed by atoms with Crippen LogP contribution in [0.3, 0.4) is 0 Å². The Bertz CT molecular complexity index is 204. The quantitative estimate of drug-likeness (QED) is 0.689. The second kappa shape index (κ2) is 4.81. The normalized spacial score (nSPS) is 33.2. The smallest absolute Gasteiger partial charge is 0.0623 e. The highest BCUT2D eigenvalue weighted by Crippen LogP contribution is 2.47. The van der Waals surface area contributed by atoms with Crippen LogP contribution in [0.1, 0.15) is 26.2 Å². The fourth-order valence-electron chi connectivity index (χ4n) is 2.47. The van der Waals surface area contributed by atoms with E-state index in [1.807, 2.05) is 7.05 Å². The van der Waals surface area contributed by atoms with Gasteiger partial charge in [0.2, 0.25) is 0 Å². The molecule has 2 rings (SSSR count). The third-order valence-electron chi connectivity index (χ3n) is 4.18. The molecule has 0 radical (unpaired) electrons. The van der Waals surface area contributed by atoms with Crippen molar-refractivity contribution in [2.75, 3.05) is 33.4 Å². The Morgan fingerprint density at radius 1 is 1.33 bits per heavy atom. The van der Waals surface area contributed by atoms with E-state index in [2.05, 4.69) is 17.6 Å². The van der Waals surface area contributed by atoms with E-state index in [1.165, 1.54) is 25.8 Å². The molecule has 3 heteroatoms. The van der Waals surface area contributed by atoms with E-state index in [0.29, 0.717) is 17.4 Å². The van der Waals surface area contributed by atoms with Crippen molar-refractivity contribution in [3.63, 3.8) is 0 Å². The summed E-state index contributed by atoms with van der Waals surface area (Å²) < 4.78 is 5.48. The van der Waals surface area contributed by atoms with Crippen LogP contribution in [0.15, 0.2) is 0 Å². The lowest BCUT2D eigenvalue weighted by Gasteiger charge is -2.19. The van der Waals surface area contributed by atoms with Gasteiger partial charge in [0, 0.05) is 25.0 Å². The highest BCUT2D eigenvalue weighted by Gasteiger charge is 2.40. The van der Waals surface area contributed by atoms with Gasteiger partial charge in [-0.2, -0.15) is 0 Å². The predicted molar refractivity (Wildman–Crippen MR) is 62.0 cm³/mol. The minimum absolute atomic E-state index is 0.550. The molecule has 2 atom stereocenters. The maximum absolute atomic E-state index is 5.48. The van der Waals surface area contributed by atoms with Gasteiger partial charge in [-0.25, -0.2) is 0 Å². The van der Waals surface area contributed by atoms with Crippen molar-refractivity contribution < 1.29 is 4.74 Å². The molecule has 0 aromatic carbocycles. The first kappa shape index (κ1) is 11.4. The highest BCUT2D eigenvalue weighted by molar-refractivity contribution is 4.94. The number of likely N-dealkylation sites (N-methyl/N-ethyl adjacent to an activating group) is 1. The van der Waals surface area contributed by atoms with Crippen molar-refractivity contribution in [1.82, 2.24) is 10.6 Å². The minimum Gasteiger partial charge on any atom is -0.379 e. The summed E-state index contributed by atoms with van der Waals surface area (Å²) in [7, 11) is 2.03. The zero-order valence-electron chi connectivity index (χ0n) is 10.0. The summed E-state index contributed by atoms with van der Waals surface area (Å²) in [4.78, 5) is 0. The third kappa shape index (κ3) is 2.71. The van der Waals surface area contributed by atoms with Crippen LogP contribution in [0.25, 0.3) is 0 Å². The van der Waals surface area contributed by atoms with Gasteiger partial charge in [0.15, 0.2) is 0 Å². The number of rotatable bonds is 6. The fraction of sp³-hybridized carbons (Fsp3) is 1.00. The van der Waals surface area contributed by atoms with Crippen LogP contribution in [0.2, 0.25) is 0 Å². The predicted octanol–water partition coefficient (Wildman–Crippen LogP) is 1.00. The molecule has 1 aliphatic heterocycles. The van der Waals surface area contributed by atoms with E-state index in [9.17, 15) is 0 Å². The summed E-state index contributed by atoms with van der Waals surface area (Å²) in [6.07, 6.45) is 4.18. The molecular formula is C12H24N2O. The summed E-state index contributed by atoms with van der Waals surface area (Å²) in [6.45, 7) is 6.41. The van der Waals surface area contributed by atoms with E-state index >= 15 is 0 Å². The molecular weight excluding hydrogens is 188 g/mol. The molecule has 2 N–H and O–H groups in total. The topological polar surface area (TPSA) is 33.3 Å². The maximum Gasteiger partial charge on any atom is 0.0623 e. The van der Waals surface area contributed by atoms with Crippen LogP contribution in [-0.2, 0) is 4.74 Å². The van der Waals surface area contributed by atoms with Crippen molar-refractivity contribution in [2.45, 2.75) is 32.2 Å². The van der Waals surface area contributed by atoms with Gasteiger partial charge in [-0.05, 0) is 31.7 Å². The Morgan fingerprint density at radius 2 is 2.13 bits per heavy atom. The molecule has 3 nitrogen and oxygen atoms in total. The first-order valence-corrected chi connectivity index (χ1v) is 6.25. The molecule has 1 saturated carbocycles.